The number of pyridine rings is 1. The highest BCUT2D eigenvalue weighted by atomic mass is 19.3. The normalized spacial score (nSPS) is 20.1. The molecule has 3 rings (SSSR count). The molecule has 0 amide bonds. The fourth-order valence-electron chi connectivity index (χ4n) is 3.25. The lowest BCUT2D eigenvalue weighted by atomic mass is 9.82. The molecule has 2 unspecified atom stereocenters. The predicted octanol–water partition coefficient (Wildman–Crippen LogP) is 6.68. The van der Waals surface area contributed by atoms with E-state index >= 15 is 0 Å². The van der Waals surface area contributed by atoms with Crippen LogP contribution in [0, 0.1) is 23.4 Å². The van der Waals surface area contributed by atoms with Crippen LogP contribution < -0.4 is 4.74 Å². The Morgan fingerprint density at radius 3 is 2.21 bits per heavy atom. The fraction of sp³-hybridized carbons (Fsp3) is 0.350. The average Bonchev–Trinajstić information content (AvgIpc) is 2.68. The maximum Gasteiger partial charge on any atom is 0.444 e. The molecular formula is C20H16F7NO. The third-order valence-corrected chi connectivity index (χ3v) is 4.88. The lowest BCUT2D eigenvalue weighted by Crippen LogP contribution is -2.24. The van der Waals surface area contributed by atoms with Gasteiger partial charge in [0.25, 0.3) is 0 Å². The van der Waals surface area contributed by atoms with Gasteiger partial charge in [0.15, 0.2) is 23.1 Å². The Morgan fingerprint density at radius 1 is 1.00 bits per heavy atom. The van der Waals surface area contributed by atoms with Crippen LogP contribution in [0.25, 0.3) is 0 Å². The molecular weight excluding hydrogens is 403 g/mol. The van der Waals surface area contributed by atoms with Gasteiger partial charge in [0.2, 0.25) is 0 Å². The number of ether oxygens (including phenoxy) is 1. The van der Waals surface area contributed by atoms with E-state index in [1.54, 1.807) is 6.92 Å². The van der Waals surface area contributed by atoms with Gasteiger partial charge < -0.3 is 4.74 Å². The third-order valence-electron chi connectivity index (χ3n) is 4.88. The van der Waals surface area contributed by atoms with Crippen molar-refractivity contribution in [2.24, 2.45) is 5.92 Å². The first-order valence-electron chi connectivity index (χ1n) is 8.86. The molecule has 9 heteroatoms. The second-order valence-electron chi connectivity index (χ2n) is 6.73. The number of allylic oxidation sites excluding steroid dienone is 2. The van der Waals surface area contributed by atoms with Crippen molar-refractivity contribution < 1.29 is 35.5 Å². The van der Waals surface area contributed by atoms with Crippen LogP contribution >= 0.6 is 0 Å². The summed E-state index contributed by atoms with van der Waals surface area (Å²) in [7, 11) is 0. The highest BCUT2D eigenvalue weighted by Gasteiger charge is 2.38. The molecule has 0 spiro atoms. The SMILES string of the molecule is CCC1CCC(c2ccc(C(F)(F)Oc3cc(F)c(F)c(F)c3)nc2)C(F)=C1F. The Hall–Kier alpha value is -2.58. The topological polar surface area (TPSA) is 22.1 Å². The quantitative estimate of drug-likeness (QED) is 0.398. The highest BCUT2D eigenvalue weighted by molar-refractivity contribution is 5.30. The minimum atomic E-state index is -4.10. The van der Waals surface area contributed by atoms with E-state index in [0.29, 0.717) is 19.3 Å². The van der Waals surface area contributed by atoms with Gasteiger partial charge >= 0.3 is 6.11 Å². The van der Waals surface area contributed by atoms with Crippen LogP contribution in [0.5, 0.6) is 5.75 Å². The van der Waals surface area contributed by atoms with Crippen LogP contribution in [0.1, 0.15) is 43.4 Å². The summed E-state index contributed by atoms with van der Waals surface area (Å²) >= 11 is 0. The van der Waals surface area contributed by atoms with Gasteiger partial charge in [-0.15, -0.1) is 0 Å². The molecule has 0 radical (unpaired) electrons. The molecule has 0 fully saturated rings. The summed E-state index contributed by atoms with van der Waals surface area (Å²) in [5.41, 5.74) is -0.705. The third kappa shape index (κ3) is 4.23. The van der Waals surface area contributed by atoms with Gasteiger partial charge in [-0.25, -0.2) is 22.0 Å². The zero-order chi connectivity index (χ0) is 21.3. The van der Waals surface area contributed by atoms with Gasteiger partial charge in [0.1, 0.15) is 17.4 Å². The van der Waals surface area contributed by atoms with Crippen LogP contribution in [0.2, 0.25) is 0 Å². The summed E-state index contributed by atoms with van der Waals surface area (Å²) in [6.45, 7) is 1.75. The Balaban J connectivity index is 1.81. The number of nitrogens with zero attached hydrogens (tertiary/aromatic N) is 1. The molecule has 29 heavy (non-hydrogen) atoms. The molecule has 2 atom stereocenters. The number of hydrogen-bond donors (Lipinski definition) is 0. The molecule has 2 aromatic rings. The maximum atomic E-state index is 14.3. The molecule has 2 nitrogen and oxygen atoms in total. The first-order chi connectivity index (χ1) is 13.6. The largest absolute Gasteiger partial charge is 0.444 e. The lowest BCUT2D eigenvalue weighted by Gasteiger charge is -2.26. The number of benzene rings is 1. The maximum absolute atomic E-state index is 14.3. The molecule has 0 saturated carbocycles. The van der Waals surface area contributed by atoms with Crippen molar-refractivity contribution >= 4 is 0 Å². The fourth-order valence-corrected chi connectivity index (χ4v) is 3.25. The van der Waals surface area contributed by atoms with Crippen LogP contribution in [-0.4, -0.2) is 4.98 Å². The summed E-state index contributed by atoms with van der Waals surface area (Å²) in [5.74, 6) is -9.31. The second-order valence-corrected chi connectivity index (χ2v) is 6.73. The van der Waals surface area contributed by atoms with Crippen molar-refractivity contribution in [1.29, 1.82) is 0 Å². The lowest BCUT2D eigenvalue weighted by molar-refractivity contribution is -0.188. The molecule has 1 aliphatic rings. The first kappa shape index (κ1) is 21.1. The van der Waals surface area contributed by atoms with Crippen molar-refractivity contribution in [3.05, 3.63) is 70.8 Å². The van der Waals surface area contributed by atoms with E-state index in [-0.39, 0.29) is 17.7 Å². The molecule has 1 aromatic carbocycles. The Labute approximate surface area is 162 Å². The van der Waals surface area contributed by atoms with E-state index in [9.17, 15) is 30.7 Å². The van der Waals surface area contributed by atoms with E-state index < -0.39 is 58.5 Å². The molecule has 1 heterocycles. The summed E-state index contributed by atoms with van der Waals surface area (Å²) in [6, 6.07) is 2.56. The number of aromatic nitrogens is 1. The number of rotatable bonds is 5. The van der Waals surface area contributed by atoms with Crippen LogP contribution in [0.4, 0.5) is 30.7 Å². The average molecular weight is 419 g/mol. The van der Waals surface area contributed by atoms with Crippen LogP contribution in [0.15, 0.2) is 42.1 Å². The summed E-state index contributed by atoms with van der Waals surface area (Å²) in [5, 5.41) is 0. The van der Waals surface area contributed by atoms with Crippen molar-refractivity contribution in [2.75, 3.05) is 0 Å². The first-order valence-corrected chi connectivity index (χ1v) is 8.86. The minimum Gasteiger partial charge on any atom is -0.428 e. The van der Waals surface area contributed by atoms with E-state index in [0.717, 1.165) is 18.3 Å². The van der Waals surface area contributed by atoms with E-state index in [4.69, 9.17) is 0 Å². The van der Waals surface area contributed by atoms with Crippen molar-refractivity contribution in [1.82, 2.24) is 4.98 Å². The molecule has 156 valence electrons. The molecule has 0 aliphatic heterocycles. The zero-order valence-electron chi connectivity index (χ0n) is 15.2. The van der Waals surface area contributed by atoms with Crippen molar-refractivity contribution in [3.8, 4) is 5.75 Å². The van der Waals surface area contributed by atoms with Gasteiger partial charge in [0, 0.05) is 30.2 Å². The Bertz CT molecular complexity index is 904. The minimum absolute atomic E-state index is 0.214. The van der Waals surface area contributed by atoms with Gasteiger partial charge in [-0.1, -0.05) is 13.0 Å². The number of alkyl halides is 2. The second kappa shape index (κ2) is 8.04. The monoisotopic (exact) mass is 419 g/mol. The molecule has 1 aromatic heterocycles. The van der Waals surface area contributed by atoms with Gasteiger partial charge in [-0.05, 0) is 30.9 Å². The van der Waals surface area contributed by atoms with Gasteiger partial charge in [-0.3, -0.25) is 4.98 Å². The van der Waals surface area contributed by atoms with Gasteiger partial charge in [0.05, 0.1) is 0 Å². The highest BCUT2D eigenvalue weighted by Crippen LogP contribution is 2.43. The summed E-state index contributed by atoms with van der Waals surface area (Å²) < 4.78 is 100. The van der Waals surface area contributed by atoms with Crippen molar-refractivity contribution in [3.63, 3.8) is 0 Å². The van der Waals surface area contributed by atoms with E-state index in [1.807, 2.05) is 0 Å². The molecule has 0 bridgehead atoms. The van der Waals surface area contributed by atoms with E-state index in [2.05, 4.69) is 9.72 Å². The number of halogens is 7. The van der Waals surface area contributed by atoms with E-state index in [1.165, 1.54) is 0 Å². The summed E-state index contributed by atoms with van der Waals surface area (Å²) in [4.78, 5) is 3.53. The summed E-state index contributed by atoms with van der Waals surface area (Å²) in [6.07, 6.45) is -1.95. The van der Waals surface area contributed by atoms with Gasteiger partial charge in [-0.2, -0.15) is 8.78 Å². The zero-order valence-corrected chi connectivity index (χ0v) is 15.2. The smallest absolute Gasteiger partial charge is 0.428 e. The number of hydrogen-bond acceptors (Lipinski definition) is 2. The van der Waals surface area contributed by atoms with Crippen LogP contribution in [0.3, 0.4) is 0 Å². The Kier molecular flexibility index (Phi) is 5.86. The molecule has 0 N–H and O–H groups in total. The predicted molar refractivity (Wildman–Crippen MR) is 90.1 cm³/mol. The van der Waals surface area contributed by atoms with Crippen molar-refractivity contribution in [2.45, 2.75) is 38.2 Å². The standard InChI is InChI=1S/C20H16F7NO/c1-2-10-3-5-13(18(24)17(10)23)11-4-6-16(28-9-11)20(26,27)29-12-7-14(21)19(25)15(22)8-12/h4,6-10,13H,2-3,5H2,1H3. The van der Waals surface area contributed by atoms with Crippen LogP contribution in [-0.2, 0) is 6.11 Å². The molecule has 0 saturated heterocycles. The molecule has 1 aliphatic carbocycles. The Morgan fingerprint density at radius 2 is 1.66 bits per heavy atom.